The molecule has 0 radical (unpaired) electrons. The molecular weight excluding hydrogens is 244 g/mol. The minimum absolute atomic E-state index is 0.506. The van der Waals surface area contributed by atoms with Crippen LogP contribution in [0.1, 0.15) is 38.8 Å². The maximum atomic E-state index is 8.31. The first-order valence-corrected chi connectivity index (χ1v) is 7.10. The number of hydrogen-bond acceptors (Lipinski definition) is 1. The molecule has 0 bridgehead atoms. The molecule has 2 rings (SSSR count). The highest BCUT2D eigenvalue weighted by Crippen LogP contribution is 2.42. The van der Waals surface area contributed by atoms with E-state index in [0.29, 0.717) is 11.8 Å². The van der Waals surface area contributed by atoms with Crippen molar-refractivity contribution < 1.29 is 0 Å². The molecule has 2 heteroatoms. The fourth-order valence-electron chi connectivity index (χ4n) is 2.92. The van der Waals surface area contributed by atoms with Gasteiger partial charge in [0.25, 0.3) is 0 Å². The Morgan fingerprint density at radius 3 is 2.15 bits per heavy atom. The lowest BCUT2D eigenvalue weighted by molar-refractivity contribution is 0.619. The van der Waals surface area contributed by atoms with E-state index in [1.54, 1.807) is 0 Å². The van der Waals surface area contributed by atoms with Gasteiger partial charge < -0.3 is 4.90 Å². The third-order valence-electron chi connectivity index (χ3n) is 4.56. The van der Waals surface area contributed by atoms with Gasteiger partial charge in [0.1, 0.15) is 5.84 Å². The molecule has 1 aromatic rings. The first-order chi connectivity index (χ1) is 9.36. The van der Waals surface area contributed by atoms with Gasteiger partial charge in [-0.2, -0.15) is 0 Å². The van der Waals surface area contributed by atoms with Crippen molar-refractivity contribution in [3.05, 3.63) is 52.1 Å². The van der Waals surface area contributed by atoms with E-state index >= 15 is 0 Å². The zero-order valence-electron chi connectivity index (χ0n) is 13.3. The largest absolute Gasteiger partial charge is 0.363 e. The van der Waals surface area contributed by atoms with E-state index in [4.69, 9.17) is 5.41 Å². The summed E-state index contributed by atoms with van der Waals surface area (Å²) in [6, 6.07) is 8.26. The van der Waals surface area contributed by atoms with E-state index in [-0.39, 0.29) is 0 Å². The molecule has 1 unspecified atom stereocenters. The predicted molar refractivity (Wildman–Crippen MR) is 87.1 cm³/mol. The molecule has 0 amide bonds. The number of benzene rings is 1. The standard InChI is InChI=1S/C18H24N2/c1-11-12(2)14(4)17(13(11)3)15-9-7-8-10-16(15)18(19)20(5)6/h7-11,19H,1-6H3. The molecule has 0 heterocycles. The van der Waals surface area contributed by atoms with Gasteiger partial charge in [-0.1, -0.05) is 42.3 Å². The fraction of sp³-hybridized carbons (Fsp3) is 0.389. The lowest BCUT2D eigenvalue weighted by Gasteiger charge is -2.19. The number of allylic oxidation sites excluding steroid dienone is 4. The van der Waals surface area contributed by atoms with Crippen molar-refractivity contribution >= 4 is 11.4 Å². The molecule has 20 heavy (non-hydrogen) atoms. The van der Waals surface area contributed by atoms with Crippen molar-refractivity contribution in [1.82, 2.24) is 4.90 Å². The molecule has 1 aliphatic rings. The van der Waals surface area contributed by atoms with Crippen LogP contribution in [0.15, 0.2) is 41.0 Å². The van der Waals surface area contributed by atoms with Crippen molar-refractivity contribution in [2.24, 2.45) is 5.92 Å². The SMILES string of the molecule is CC1=C(C)C(C)C(C)=C1c1ccccc1C(=N)N(C)C. The van der Waals surface area contributed by atoms with Gasteiger partial charge in [0, 0.05) is 19.7 Å². The zero-order valence-corrected chi connectivity index (χ0v) is 13.3. The van der Waals surface area contributed by atoms with Gasteiger partial charge >= 0.3 is 0 Å². The summed E-state index contributed by atoms with van der Waals surface area (Å²) in [7, 11) is 3.84. The van der Waals surface area contributed by atoms with E-state index in [2.05, 4.69) is 39.8 Å². The molecular formula is C18H24N2. The summed E-state index contributed by atoms with van der Waals surface area (Å²) in [5.74, 6) is 1.07. The minimum Gasteiger partial charge on any atom is -0.363 e. The summed E-state index contributed by atoms with van der Waals surface area (Å²) < 4.78 is 0. The Hall–Kier alpha value is -1.83. The number of nitrogens with zero attached hydrogens (tertiary/aromatic N) is 1. The second-order valence-electron chi connectivity index (χ2n) is 5.88. The van der Waals surface area contributed by atoms with E-state index in [1.807, 2.05) is 31.1 Å². The lowest BCUT2D eigenvalue weighted by Crippen LogP contribution is -2.23. The van der Waals surface area contributed by atoms with Crippen LogP contribution in [0.2, 0.25) is 0 Å². The average Bonchev–Trinajstić information content (AvgIpc) is 2.62. The second-order valence-corrected chi connectivity index (χ2v) is 5.88. The van der Waals surface area contributed by atoms with Crippen LogP contribution in [0.3, 0.4) is 0 Å². The van der Waals surface area contributed by atoms with Gasteiger partial charge in [0.15, 0.2) is 0 Å². The van der Waals surface area contributed by atoms with Gasteiger partial charge in [0.2, 0.25) is 0 Å². The monoisotopic (exact) mass is 268 g/mol. The van der Waals surface area contributed by atoms with E-state index in [1.165, 1.54) is 27.9 Å². The normalized spacial score (nSPS) is 18.8. The van der Waals surface area contributed by atoms with Crippen LogP contribution in [-0.2, 0) is 0 Å². The van der Waals surface area contributed by atoms with Crippen LogP contribution in [0.25, 0.3) is 5.57 Å². The Morgan fingerprint density at radius 2 is 1.65 bits per heavy atom. The highest BCUT2D eigenvalue weighted by atomic mass is 15.1. The van der Waals surface area contributed by atoms with Crippen molar-refractivity contribution in [3.8, 4) is 0 Å². The van der Waals surface area contributed by atoms with E-state index in [9.17, 15) is 0 Å². The molecule has 0 fully saturated rings. The molecule has 106 valence electrons. The molecule has 1 aliphatic carbocycles. The summed E-state index contributed by atoms with van der Waals surface area (Å²) in [5.41, 5.74) is 7.76. The molecule has 2 nitrogen and oxygen atoms in total. The van der Waals surface area contributed by atoms with Crippen molar-refractivity contribution in [2.45, 2.75) is 27.7 Å². The smallest absolute Gasteiger partial charge is 0.128 e. The topological polar surface area (TPSA) is 27.1 Å². The number of nitrogens with one attached hydrogen (secondary N) is 1. The summed E-state index contributed by atoms with van der Waals surface area (Å²) in [6.07, 6.45) is 0. The third kappa shape index (κ3) is 2.20. The van der Waals surface area contributed by atoms with Crippen molar-refractivity contribution in [3.63, 3.8) is 0 Å². The van der Waals surface area contributed by atoms with Gasteiger partial charge in [-0.15, -0.1) is 0 Å². The highest BCUT2D eigenvalue weighted by molar-refractivity contribution is 6.03. The molecule has 0 aliphatic heterocycles. The molecule has 1 N–H and O–H groups in total. The Labute approximate surface area is 122 Å². The van der Waals surface area contributed by atoms with Crippen LogP contribution in [0, 0.1) is 11.3 Å². The van der Waals surface area contributed by atoms with Crippen LogP contribution >= 0.6 is 0 Å². The Morgan fingerprint density at radius 1 is 1.05 bits per heavy atom. The quantitative estimate of drug-likeness (QED) is 0.627. The highest BCUT2D eigenvalue weighted by Gasteiger charge is 2.26. The second kappa shape index (κ2) is 5.28. The molecule has 1 aromatic carbocycles. The molecule has 0 spiro atoms. The van der Waals surface area contributed by atoms with Crippen LogP contribution < -0.4 is 0 Å². The first kappa shape index (κ1) is 14.6. The average molecular weight is 268 g/mol. The van der Waals surface area contributed by atoms with Gasteiger partial charge in [-0.3, -0.25) is 5.41 Å². The predicted octanol–water partition coefficient (Wildman–Crippen LogP) is 4.33. The fourth-order valence-corrected chi connectivity index (χ4v) is 2.92. The molecule has 0 saturated carbocycles. The molecule has 1 atom stereocenters. The van der Waals surface area contributed by atoms with Crippen LogP contribution in [0.4, 0.5) is 0 Å². The lowest BCUT2D eigenvalue weighted by atomic mass is 9.92. The number of amidine groups is 1. The first-order valence-electron chi connectivity index (χ1n) is 7.10. The summed E-state index contributed by atoms with van der Waals surface area (Å²) in [5, 5.41) is 8.31. The minimum atomic E-state index is 0.506. The van der Waals surface area contributed by atoms with Crippen molar-refractivity contribution in [1.29, 1.82) is 5.41 Å². The molecule has 0 aromatic heterocycles. The maximum absolute atomic E-state index is 8.31. The summed E-state index contributed by atoms with van der Waals surface area (Å²) >= 11 is 0. The van der Waals surface area contributed by atoms with Gasteiger partial charge in [0.05, 0.1) is 0 Å². The van der Waals surface area contributed by atoms with E-state index < -0.39 is 0 Å². The third-order valence-corrected chi connectivity index (χ3v) is 4.56. The van der Waals surface area contributed by atoms with Crippen LogP contribution in [0.5, 0.6) is 0 Å². The molecule has 0 saturated heterocycles. The Balaban J connectivity index is 2.64. The maximum Gasteiger partial charge on any atom is 0.128 e. The van der Waals surface area contributed by atoms with E-state index in [0.717, 1.165) is 5.56 Å². The van der Waals surface area contributed by atoms with Gasteiger partial charge in [-0.25, -0.2) is 0 Å². The number of hydrogen-bond donors (Lipinski definition) is 1. The van der Waals surface area contributed by atoms with Gasteiger partial charge in [-0.05, 0) is 43.4 Å². The Bertz CT molecular complexity index is 618. The summed E-state index contributed by atoms with van der Waals surface area (Å²) in [6.45, 7) is 8.90. The number of rotatable bonds is 2. The zero-order chi connectivity index (χ0) is 15.0. The summed E-state index contributed by atoms with van der Waals surface area (Å²) in [4.78, 5) is 1.86. The van der Waals surface area contributed by atoms with Crippen LogP contribution in [-0.4, -0.2) is 24.8 Å². The Kier molecular flexibility index (Phi) is 3.85. The van der Waals surface area contributed by atoms with Crippen molar-refractivity contribution in [2.75, 3.05) is 14.1 Å².